The maximum atomic E-state index is 12.3. The summed E-state index contributed by atoms with van der Waals surface area (Å²) in [5.74, 6) is 0.522. The van der Waals surface area contributed by atoms with Gasteiger partial charge < -0.3 is 9.30 Å². The highest BCUT2D eigenvalue weighted by atomic mass is 16.5. The third kappa shape index (κ3) is 2.97. The Labute approximate surface area is 102 Å². The Hall–Kier alpha value is -1.09. The van der Waals surface area contributed by atoms with E-state index in [0.717, 1.165) is 38.0 Å². The van der Waals surface area contributed by atoms with Crippen LogP contribution >= 0.6 is 0 Å². The molecule has 0 saturated carbocycles. The predicted octanol–water partition coefficient (Wildman–Crippen LogP) is 2.40. The first-order valence-corrected chi connectivity index (χ1v) is 6.46. The van der Waals surface area contributed by atoms with E-state index in [0.29, 0.717) is 12.0 Å². The molecule has 1 aromatic rings. The van der Waals surface area contributed by atoms with Gasteiger partial charge in [-0.3, -0.25) is 4.79 Å². The van der Waals surface area contributed by atoms with Gasteiger partial charge in [0, 0.05) is 31.0 Å². The van der Waals surface area contributed by atoms with Gasteiger partial charge in [0.25, 0.3) is 5.56 Å². The zero-order valence-corrected chi connectivity index (χ0v) is 10.7. The van der Waals surface area contributed by atoms with Gasteiger partial charge in [0.15, 0.2) is 0 Å². The van der Waals surface area contributed by atoms with Crippen LogP contribution in [0.15, 0.2) is 23.1 Å². The molecule has 0 aromatic carbocycles. The van der Waals surface area contributed by atoms with E-state index in [1.807, 2.05) is 22.9 Å². The van der Waals surface area contributed by atoms with Crippen molar-refractivity contribution in [1.82, 2.24) is 4.57 Å². The van der Waals surface area contributed by atoms with Crippen molar-refractivity contribution in [3.8, 4) is 0 Å². The standard InChI is InChI=1S/C14H21NO2/c1-11(2)10-12-4-3-7-15(14(12)16)13-5-8-17-9-6-13/h3-4,7,11,13H,5-6,8-10H2,1-2H3. The molecular formula is C14H21NO2. The first-order valence-electron chi connectivity index (χ1n) is 6.46. The minimum Gasteiger partial charge on any atom is -0.381 e. The van der Waals surface area contributed by atoms with Gasteiger partial charge in [-0.1, -0.05) is 19.9 Å². The SMILES string of the molecule is CC(C)Cc1cccn(C2CCOCC2)c1=O. The fraction of sp³-hybridized carbons (Fsp3) is 0.643. The Morgan fingerprint density at radius 1 is 1.41 bits per heavy atom. The summed E-state index contributed by atoms with van der Waals surface area (Å²) in [5.41, 5.74) is 1.13. The van der Waals surface area contributed by atoms with Crippen molar-refractivity contribution < 1.29 is 4.74 Å². The fourth-order valence-corrected chi connectivity index (χ4v) is 2.40. The zero-order chi connectivity index (χ0) is 12.3. The number of pyridine rings is 1. The van der Waals surface area contributed by atoms with Gasteiger partial charge in [-0.25, -0.2) is 0 Å². The smallest absolute Gasteiger partial charge is 0.253 e. The summed E-state index contributed by atoms with van der Waals surface area (Å²) >= 11 is 0. The van der Waals surface area contributed by atoms with Crippen LogP contribution in [-0.4, -0.2) is 17.8 Å². The third-order valence-electron chi connectivity index (χ3n) is 3.27. The lowest BCUT2D eigenvalue weighted by atomic mass is 10.0. The van der Waals surface area contributed by atoms with E-state index < -0.39 is 0 Å². The third-order valence-corrected chi connectivity index (χ3v) is 3.27. The average Bonchev–Trinajstić information content (AvgIpc) is 2.32. The molecule has 0 N–H and O–H groups in total. The molecule has 0 aliphatic carbocycles. The minimum absolute atomic E-state index is 0.188. The van der Waals surface area contributed by atoms with Gasteiger partial charge in [-0.05, 0) is 31.2 Å². The maximum absolute atomic E-state index is 12.3. The summed E-state index contributed by atoms with van der Waals surface area (Å²) in [5, 5.41) is 0. The Morgan fingerprint density at radius 2 is 2.12 bits per heavy atom. The highest BCUT2D eigenvalue weighted by Gasteiger charge is 2.17. The van der Waals surface area contributed by atoms with Crippen molar-refractivity contribution in [3.63, 3.8) is 0 Å². The van der Waals surface area contributed by atoms with E-state index in [9.17, 15) is 4.79 Å². The monoisotopic (exact) mass is 235 g/mol. The summed E-state index contributed by atoms with van der Waals surface area (Å²) in [7, 11) is 0. The van der Waals surface area contributed by atoms with Crippen molar-refractivity contribution in [2.75, 3.05) is 13.2 Å². The molecule has 0 atom stereocenters. The Bertz CT molecular complexity index is 416. The van der Waals surface area contributed by atoms with Crippen LogP contribution in [0.5, 0.6) is 0 Å². The number of aromatic nitrogens is 1. The molecule has 0 unspecified atom stereocenters. The summed E-state index contributed by atoms with van der Waals surface area (Å²) in [4.78, 5) is 12.3. The van der Waals surface area contributed by atoms with Crippen LogP contribution in [-0.2, 0) is 11.2 Å². The molecule has 1 aliphatic rings. The van der Waals surface area contributed by atoms with E-state index in [2.05, 4.69) is 13.8 Å². The summed E-state index contributed by atoms with van der Waals surface area (Å²) in [6.07, 6.45) is 4.68. The molecule has 3 heteroatoms. The second-order valence-electron chi connectivity index (χ2n) is 5.19. The number of hydrogen-bond acceptors (Lipinski definition) is 2. The lowest BCUT2D eigenvalue weighted by Gasteiger charge is -2.24. The first kappa shape index (κ1) is 12.4. The van der Waals surface area contributed by atoms with E-state index in [4.69, 9.17) is 4.74 Å². The molecular weight excluding hydrogens is 214 g/mol. The number of rotatable bonds is 3. The molecule has 2 rings (SSSR count). The molecule has 0 amide bonds. The molecule has 17 heavy (non-hydrogen) atoms. The van der Waals surface area contributed by atoms with Crippen LogP contribution in [0.1, 0.15) is 38.3 Å². The molecule has 2 heterocycles. The zero-order valence-electron chi connectivity index (χ0n) is 10.7. The molecule has 3 nitrogen and oxygen atoms in total. The van der Waals surface area contributed by atoms with Gasteiger partial charge in [-0.2, -0.15) is 0 Å². The van der Waals surface area contributed by atoms with Crippen LogP contribution in [0.4, 0.5) is 0 Å². The van der Waals surface area contributed by atoms with Crippen LogP contribution in [0.2, 0.25) is 0 Å². The number of ether oxygens (including phenoxy) is 1. The van der Waals surface area contributed by atoms with Crippen molar-refractivity contribution in [2.24, 2.45) is 5.92 Å². The highest BCUT2D eigenvalue weighted by Crippen LogP contribution is 2.19. The quantitative estimate of drug-likeness (QED) is 0.805. The van der Waals surface area contributed by atoms with Gasteiger partial charge in [0.2, 0.25) is 0 Å². The Kier molecular flexibility index (Phi) is 4.00. The summed E-state index contributed by atoms with van der Waals surface area (Å²) in [6.45, 7) is 5.83. The lowest BCUT2D eigenvalue weighted by molar-refractivity contribution is 0.0685. The summed E-state index contributed by atoms with van der Waals surface area (Å²) < 4.78 is 7.24. The molecule has 1 aromatic heterocycles. The average molecular weight is 235 g/mol. The minimum atomic E-state index is 0.188. The van der Waals surface area contributed by atoms with Crippen molar-refractivity contribution in [2.45, 2.75) is 39.2 Å². The highest BCUT2D eigenvalue weighted by molar-refractivity contribution is 5.11. The fourth-order valence-electron chi connectivity index (χ4n) is 2.40. The topological polar surface area (TPSA) is 31.2 Å². The molecule has 1 aliphatic heterocycles. The second-order valence-corrected chi connectivity index (χ2v) is 5.19. The lowest BCUT2D eigenvalue weighted by Crippen LogP contribution is -2.30. The van der Waals surface area contributed by atoms with E-state index in [1.54, 1.807) is 0 Å². The van der Waals surface area contributed by atoms with Crippen molar-refractivity contribution in [3.05, 3.63) is 34.2 Å². The van der Waals surface area contributed by atoms with Crippen LogP contribution in [0, 0.1) is 5.92 Å². The Morgan fingerprint density at radius 3 is 2.76 bits per heavy atom. The molecule has 1 saturated heterocycles. The Balaban J connectivity index is 2.25. The van der Waals surface area contributed by atoms with E-state index in [1.165, 1.54) is 0 Å². The van der Waals surface area contributed by atoms with Gasteiger partial charge in [-0.15, -0.1) is 0 Å². The number of nitrogens with zero attached hydrogens (tertiary/aromatic N) is 1. The molecule has 94 valence electrons. The maximum Gasteiger partial charge on any atom is 0.253 e. The molecule has 1 fully saturated rings. The van der Waals surface area contributed by atoms with Crippen molar-refractivity contribution in [1.29, 1.82) is 0 Å². The first-order chi connectivity index (χ1) is 8.18. The van der Waals surface area contributed by atoms with Crippen LogP contribution in [0.3, 0.4) is 0 Å². The normalized spacial score (nSPS) is 17.6. The number of hydrogen-bond donors (Lipinski definition) is 0. The van der Waals surface area contributed by atoms with Gasteiger partial charge in [0.05, 0.1) is 0 Å². The largest absolute Gasteiger partial charge is 0.381 e. The van der Waals surface area contributed by atoms with E-state index >= 15 is 0 Å². The van der Waals surface area contributed by atoms with Crippen LogP contribution < -0.4 is 5.56 Å². The van der Waals surface area contributed by atoms with Crippen molar-refractivity contribution >= 4 is 0 Å². The van der Waals surface area contributed by atoms with Gasteiger partial charge >= 0.3 is 0 Å². The summed E-state index contributed by atoms with van der Waals surface area (Å²) in [6, 6.07) is 4.27. The molecule has 0 radical (unpaired) electrons. The second kappa shape index (κ2) is 5.50. The van der Waals surface area contributed by atoms with Crippen LogP contribution in [0.25, 0.3) is 0 Å². The van der Waals surface area contributed by atoms with Gasteiger partial charge in [0.1, 0.15) is 0 Å². The molecule has 0 bridgehead atoms. The predicted molar refractivity (Wildman–Crippen MR) is 68.3 cm³/mol. The van der Waals surface area contributed by atoms with E-state index in [-0.39, 0.29) is 5.56 Å². The molecule has 0 spiro atoms.